The van der Waals surface area contributed by atoms with Gasteiger partial charge in [-0.15, -0.1) is 11.3 Å². The van der Waals surface area contributed by atoms with Gasteiger partial charge in [0.25, 0.3) is 0 Å². The lowest BCUT2D eigenvalue weighted by atomic mass is 10.3. The van der Waals surface area contributed by atoms with Gasteiger partial charge in [0.1, 0.15) is 5.00 Å². The number of nitrogens with one attached hydrogen (secondary N) is 2. The zero-order chi connectivity index (χ0) is 14.7. The number of carboxylic acids is 1. The normalized spacial score (nSPS) is 10.1. The number of anilines is 2. The van der Waals surface area contributed by atoms with Crippen LogP contribution in [0.5, 0.6) is 5.75 Å². The van der Waals surface area contributed by atoms with Crippen molar-refractivity contribution in [1.29, 1.82) is 0 Å². The maximum Gasteiger partial charge on any atom is 0.338 e. The van der Waals surface area contributed by atoms with E-state index in [1.807, 2.05) is 0 Å². The number of rotatable bonds is 3. The Bertz CT molecular complexity index is 671. The molecule has 0 spiro atoms. The molecule has 0 radical (unpaired) electrons. The largest absolute Gasteiger partial charge is 0.505 e. The first-order valence-corrected chi connectivity index (χ1v) is 6.22. The third-order valence-electron chi connectivity index (χ3n) is 2.33. The zero-order valence-electron chi connectivity index (χ0n) is 9.88. The number of aromatic carboxylic acids is 1. The Kier molecular flexibility index (Phi) is 3.85. The molecule has 20 heavy (non-hydrogen) atoms. The number of carbonyl (C=O) groups excluding carboxylic acids is 1. The molecule has 104 valence electrons. The molecule has 2 amide bonds. The van der Waals surface area contributed by atoms with Crippen molar-refractivity contribution >= 4 is 34.0 Å². The van der Waals surface area contributed by atoms with Crippen LogP contribution in [-0.2, 0) is 0 Å². The lowest BCUT2D eigenvalue weighted by Crippen LogP contribution is -2.20. The maximum atomic E-state index is 13.1. The second-order valence-electron chi connectivity index (χ2n) is 3.71. The quantitative estimate of drug-likeness (QED) is 0.654. The van der Waals surface area contributed by atoms with Gasteiger partial charge in [-0.05, 0) is 23.6 Å². The van der Waals surface area contributed by atoms with E-state index >= 15 is 0 Å². The molecule has 0 aliphatic heterocycles. The molecule has 0 unspecified atom stereocenters. The van der Waals surface area contributed by atoms with E-state index in [2.05, 4.69) is 10.6 Å². The van der Waals surface area contributed by atoms with Crippen molar-refractivity contribution in [1.82, 2.24) is 0 Å². The molecular formula is C12H9FN2O4S. The zero-order valence-corrected chi connectivity index (χ0v) is 10.7. The number of urea groups is 1. The van der Waals surface area contributed by atoms with E-state index in [9.17, 15) is 14.0 Å². The molecule has 0 atom stereocenters. The number of benzene rings is 1. The molecule has 0 saturated heterocycles. The Morgan fingerprint density at radius 1 is 1.20 bits per heavy atom. The highest BCUT2D eigenvalue weighted by Crippen LogP contribution is 2.24. The highest BCUT2D eigenvalue weighted by atomic mass is 32.1. The lowest BCUT2D eigenvalue weighted by molar-refractivity contribution is 0.0698. The number of carboxylic acid groups (broad SMARTS) is 1. The minimum Gasteiger partial charge on any atom is -0.505 e. The van der Waals surface area contributed by atoms with Gasteiger partial charge in [-0.25, -0.2) is 14.0 Å². The van der Waals surface area contributed by atoms with Gasteiger partial charge in [0.2, 0.25) is 0 Å². The molecule has 0 saturated carbocycles. The fourth-order valence-corrected chi connectivity index (χ4v) is 2.20. The van der Waals surface area contributed by atoms with E-state index in [0.29, 0.717) is 0 Å². The smallest absolute Gasteiger partial charge is 0.338 e. The van der Waals surface area contributed by atoms with Gasteiger partial charge >= 0.3 is 12.0 Å². The molecular weight excluding hydrogens is 287 g/mol. The molecule has 2 aromatic rings. The number of carbonyl (C=O) groups is 2. The highest BCUT2D eigenvalue weighted by molar-refractivity contribution is 7.14. The average Bonchev–Trinajstić information content (AvgIpc) is 2.82. The van der Waals surface area contributed by atoms with Gasteiger partial charge in [-0.3, -0.25) is 5.32 Å². The van der Waals surface area contributed by atoms with Crippen LogP contribution >= 0.6 is 11.3 Å². The average molecular weight is 296 g/mol. The van der Waals surface area contributed by atoms with E-state index < -0.39 is 23.6 Å². The number of hydrogen-bond acceptors (Lipinski definition) is 4. The molecule has 4 N–H and O–H groups in total. The summed E-state index contributed by atoms with van der Waals surface area (Å²) < 4.78 is 13.1. The van der Waals surface area contributed by atoms with Crippen LogP contribution in [0.1, 0.15) is 10.4 Å². The Morgan fingerprint density at radius 2 is 1.95 bits per heavy atom. The summed E-state index contributed by atoms with van der Waals surface area (Å²) in [7, 11) is 0. The Labute approximate surface area is 116 Å². The van der Waals surface area contributed by atoms with Crippen molar-refractivity contribution in [2.45, 2.75) is 0 Å². The van der Waals surface area contributed by atoms with Crippen LogP contribution in [0.3, 0.4) is 0 Å². The summed E-state index contributed by atoms with van der Waals surface area (Å²) in [4.78, 5) is 22.5. The SMILES string of the molecule is O=C(Nc1ccc(O)c(F)c1)Nc1sccc1C(=O)O. The number of phenolic OH excluding ortho intramolecular Hbond substituents is 1. The monoisotopic (exact) mass is 296 g/mol. The van der Waals surface area contributed by atoms with Crippen molar-refractivity contribution < 1.29 is 24.2 Å². The number of thiophene rings is 1. The fourth-order valence-electron chi connectivity index (χ4n) is 1.42. The van der Waals surface area contributed by atoms with Crippen LogP contribution in [0.15, 0.2) is 29.6 Å². The summed E-state index contributed by atoms with van der Waals surface area (Å²) >= 11 is 1.06. The minimum absolute atomic E-state index is 0.0259. The van der Waals surface area contributed by atoms with Gasteiger partial charge in [-0.2, -0.15) is 0 Å². The molecule has 8 heteroatoms. The van der Waals surface area contributed by atoms with E-state index in [4.69, 9.17) is 10.2 Å². The van der Waals surface area contributed by atoms with Crippen LogP contribution in [0.25, 0.3) is 0 Å². The molecule has 1 aromatic heterocycles. The number of amides is 2. The summed E-state index contributed by atoms with van der Waals surface area (Å²) in [6, 6.07) is 4.01. The molecule has 0 bridgehead atoms. The highest BCUT2D eigenvalue weighted by Gasteiger charge is 2.14. The van der Waals surface area contributed by atoms with Crippen molar-refractivity contribution in [2.24, 2.45) is 0 Å². The number of phenols is 1. The molecule has 0 fully saturated rings. The topological polar surface area (TPSA) is 98.7 Å². The second kappa shape index (κ2) is 5.57. The Hall–Kier alpha value is -2.61. The molecule has 2 rings (SSSR count). The predicted octanol–water partition coefficient (Wildman–Crippen LogP) is 2.94. The summed E-state index contributed by atoms with van der Waals surface area (Å²) in [6.07, 6.45) is 0. The minimum atomic E-state index is -1.16. The van der Waals surface area contributed by atoms with Gasteiger partial charge in [0.15, 0.2) is 11.6 Å². The third-order valence-corrected chi connectivity index (χ3v) is 3.16. The number of aromatic hydroxyl groups is 1. The molecule has 6 nitrogen and oxygen atoms in total. The van der Waals surface area contributed by atoms with Gasteiger partial charge in [0.05, 0.1) is 5.56 Å². The van der Waals surface area contributed by atoms with E-state index in [0.717, 1.165) is 23.5 Å². The van der Waals surface area contributed by atoms with E-state index in [1.54, 1.807) is 0 Å². The molecule has 1 aromatic carbocycles. The van der Waals surface area contributed by atoms with Crippen molar-refractivity contribution in [3.8, 4) is 5.75 Å². The van der Waals surface area contributed by atoms with Crippen molar-refractivity contribution in [2.75, 3.05) is 10.6 Å². The van der Waals surface area contributed by atoms with Gasteiger partial charge in [-0.1, -0.05) is 0 Å². The van der Waals surface area contributed by atoms with Crippen LogP contribution in [0, 0.1) is 5.82 Å². The van der Waals surface area contributed by atoms with Crippen molar-refractivity contribution in [3.63, 3.8) is 0 Å². The number of halogens is 1. The predicted molar refractivity (Wildman–Crippen MR) is 72.0 cm³/mol. The molecule has 0 aliphatic rings. The van der Waals surface area contributed by atoms with Crippen LogP contribution in [0.4, 0.5) is 19.9 Å². The van der Waals surface area contributed by atoms with Crippen LogP contribution in [-0.4, -0.2) is 22.2 Å². The first-order valence-electron chi connectivity index (χ1n) is 5.34. The standard InChI is InChI=1S/C12H9FN2O4S/c13-8-5-6(1-2-9(8)16)14-12(19)15-10-7(11(17)18)3-4-20-10/h1-5,16H,(H,17,18)(H2,14,15,19). The van der Waals surface area contributed by atoms with E-state index in [1.165, 1.54) is 17.5 Å². The number of hydrogen-bond donors (Lipinski definition) is 4. The van der Waals surface area contributed by atoms with E-state index in [-0.39, 0.29) is 16.3 Å². The Morgan fingerprint density at radius 3 is 2.60 bits per heavy atom. The second-order valence-corrected chi connectivity index (χ2v) is 4.63. The van der Waals surface area contributed by atoms with Gasteiger partial charge < -0.3 is 15.5 Å². The lowest BCUT2D eigenvalue weighted by Gasteiger charge is -2.07. The third kappa shape index (κ3) is 3.04. The molecule has 1 heterocycles. The first-order chi connectivity index (χ1) is 9.47. The van der Waals surface area contributed by atoms with Crippen LogP contribution in [0.2, 0.25) is 0 Å². The summed E-state index contributed by atoms with van der Waals surface area (Å²) in [6.45, 7) is 0. The summed E-state index contributed by atoms with van der Waals surface area (Å²) in [5.41, 5.74) is 0.105. The van der Waals surface area contributed by atoms with Gasteiger partial charge in [0, 0.05) is 11.8 Å². The maximum absolute atomic E-state index is 13.1. The van der Waals surface area contributed by atoms with Crippen molar-refractivity contribution in [3.05, 3.63) is 41.0 Å². The Balaban J connectivity index is 2.07. The molecule has 0 aliphatic carbocycles. The summed E-state index contributed by atoms with van der Waals surface area (Å²) in [5, 5.41) is 24.3. The van der Waals surface area contributed by atoms with Crippen LogP contribution < -0.4 is 10.6 Å². The summed E-state index contributed by atoms with van der Waals surface area (Å²) in [5.74, 6) is -2.55. The first kappa shape index (κ1) is 13.8. The fraction of sp³-hybridized carbons (Fsp3) is 0.